The number of esters is 1. The predicted octanol–water partition coefficient (Wildman–Crippen LogP) is 3.29. The molecule has 2 aromatic carbocycles. The van der Waals surface area contributed by atoms with Crippen molar-refractivity contribution in [2.24, 2.45) is 0 Å². The molecule has 0 fully saturated rings. The summed E-state index contributed by atoms with van der Waals surface area (Å²) in [6.07, 6.45) is 3.35. The Hall–Kier alpha value is -1.87. The number of hydrogen-bond donors (Lipinski definition) is 0. The molecule has 0 amide bonds. The molecule has 6 nitrogen and oxygen atoms in total. The summed E-state index contributed by atoms with van der Waals surface area (Å²) < 4.78 is 37.6. The number of benzene rings is 2. The van der Waals surface area contributed by atoms with Gasteiger partial charge in [-0.3, -0.25) is 4.18 Å². The molecule has 0 saturated heterocycles. The molecule has 0 N–H and O–H groups in total. The van der Waals surface area contributed by atoms with Gasteiger partial charge in [0.25, 0.3) is 0 Å². The van der Waals surface area contributed by atoms with E-state index < -0.39 is 26.7 Å². The number of rotatable bonds is 7. The zero-order valence-electron chi connectivity index (χ0n) is 14.2. The fraction of sp³-hybridized carbons (Fsp3) is 0.235. The summed E-state index contributed by atoms with van der Waals surface area (Å²) in [5.41, 5.74) is 1.28. The topological polar surface area (TPSA) is 78.9 Å². The van der Waals surface area contributed by atoms with Gasteiger partial charge in [0.15, 0.2) is 0 Å². The summed E-state index contributed by atoms with van der Waals surface area (Å²) in [6, 6.07) is 15.8. The Morgan fingerprint density at radius 3 is 2.12 bits per heavy atom. The number of carbonyl (C=O) groups is 1. The van der Waals surface area contributed by atoms with Gasteiger partial charge in [-0.15, -0.1) is 0 Å². The van der Waals surface area contributed by atoms with Crippen LogP contribution in [0.15, 0.2) is 59.5 Å². The van der Waals surface area contributed by atoms with E-state index in [2.05, 4.69) is 4.18 Å². The van der Waals surface area contributed by atoms with Crippen LogP contribution in [-0.4, -0.2) is 34.0 Å². The van der Waals surface area contributed by atoms with Gasteiger partial charge in [-0.1, -0.05) is 40.6 Å². The van der Waals surface area contributed by atoms with E-state index in [0.29, 0.717) is 10.5 Å². The largest absolute Gasteiger partial charge is 0.457 e. The van der Waals surface area contributed by atoms with E-state index in [4.69, 9.17) is 8.37 Å². The van der Waals surface area contributed by atoms with E-state index in [0.717, 1.165) is 12.7 Å². The van der Waals surface area contributed by atoms with Crippen LogP contribution in [0.1, 0.15) is 15.9 Å². The number of ether oxygens (including phenoxy) is 1. The summed E-state index contributed by atoms with van der Waals surface area (Å²) in [5.74, 6) is -0.450. The van der Waals surface area contributed by atoms with Gasteiger partial charge in [-0.25, -0.2) is 4.79 Å². The fourth-order valence-electron chi connectivity index (χ4n) is 2.00. The minimum atomic E-state index is -4.05. The third-order valence-corrected chi connectivity index (χ3v) is 7.17. The smallest absolute Gasteiger partial charge is 0.409 e. The summed E-state index contributed by atoms with van der Waals surface area (Å²) >= 11 is 0. The van der Waals surface area contributed by atoms with Gasteiger partial charge in [0.2, 0.25) is 0 Å². The Balaban J connectivity index is 2.04. The van der Waals surface area contributed by atoms with E-state index in [1.807, 2.05) is 30.3 Å². The molecule has 0 aliphatic heterocycles. The van der Waals surface area contributed by atoms with Crippen LogP contribution in [0.2, 0.25) is 0 Å². The average Bonchev–Trinajstić information content (AvgIpc) is 2.60. The van der Waals surface area contributed by atoms with Crippen LogP contribution in [0.25, 0.3) is 0 Å². The summed E-state index contributed by atoms with van der Waals surface area (Å²) in [7, 11) is -5.10. The van der Waals surface area contributed by atoms with E-state index in [1.54, 1.807) is 36.8 Å². The Morgan fingerprint density at radius 2 is 1.56 bits per heavy atom. The van der Waals surface area contributed by atoms with Crippen LogP contribution in [0.3, 0.4) is 0 Å². The van der Waals surface area contributed by atoms with Crippen molar-refractivity contribution >= 4 is 26.7 Å². The Bertz CT molecular complexity index is 814. The first-order valence-electron chi connectivity index (χ1n) is 7.29. The van der Waals surface area contributed by atoms with Gasteiger partial charge in [0.1, 0.15) is 6.61 Å². The molecular formula is C17H20O6S2. The molecule has 0 aliphatic rings. The van der Waals surface area contributed by atoms with Crippen molar-refractivity contribution in [2.75, 3.05) is 19.6 Å². The molecule has 0 spiro atoms. The number of carbonyl (C=O) groups excluding carboxylic acids is 1. The van der Waals surface area contributed by atoms with Crippen LogP contribution in [0.5, 0.6) is 0 Å². The molecule has 0 atom stereocenters. The van der Waals surface area contributed by atoms with E-state index >= 15 is 0 Å². The Morgan fingerprint density at radius 1 is 0.960 bits per heavy atom. The second-order valence-corrected chi connectivity index (χ2v) is 10.1. The SMILES string of the molecule is COS(=O)(=O)OS(C)(C)c1ccc(C(=O)OCc2ccccc2)cc1. The van der Waals surface area contributed by atoms with Crippen LogP contribution in [0, 0.1) is 0 Å². The normalized spacial score (nSPS) is 12.6. The molecule has 0 aliphatic carbocycles. The molecule has 25 heavy (non-hydrogen) atoms. The summed E-state index contributed by atoms with van der Waals surface area (Å²) in [5, 5.41) is 0. The van der Waals surface area contributed by atoms with E-state index in [9.17, 15) is 13.2 Å². The first kappa shape index (κ1) is 19.5. The van der Waals surface area contributed by atoms with Crippen molar-refractivity contribution in [1.82, 2.24) is 0 Å². The van der Waals surface area contributed by atoms with Gasteiger partial charge >= 0.3 is 16.4 Å². The minimum absolute atomic E-state index is 0.188. The van der Waals surface area contributed by atoms with Gasteiger partial charge < -0.3 is 4.74 Å². The third kappa shape index (κ3) is 5.57. The van der Waals surface area contributed by atoms with Crippen molar-refractivity contribution in [2.45, 2.75) is 11.5 Å². The maximum absolute atomic E-state index is 12.1. The first-order chi connectivity index (χ1) is 11.7. The number of hydrogen-bond acceptors (Lipinski definition) is 6. The third-order valence-electron chi connectivity index (χ3n) is 3.33. The van der Waals surface area contributed by atoms with Crippen molar-refractivity contribution in [3.63, 3.8) is 0 Å². The lowest BCUT2D eigenvalue weighted by molar-refractivity contribution is 0.0472. The van der Waals surface area contributed by atoms with Gasteiger partial charge in [0.05, 0.1) is 12.7 Å². The van der Waals surface area contributed by atoms with Gasteiger partial charge in [-0.2, -0.15) is 12.0 Å². The van der Waals surface area contributed by atoms with Crippen LogP contribution < -0.4 is 0 Å². The quantitative estimate of drug-likeness (QED) is 0.682. The molecular weight excluding hydrogens is 364 g/mol. The average molecular weight is 384 g/mol. The van der Waals surface area contributed by atoms with Crippen molar-refractivity contribution in [3.05, 3.63) is 65.7 Å². The second-order valence-electron chi connectivity index (χ2n) is 5.46. The summed E-state index contributed by atoms with van der Waals surface area (Å²) in [6.45, 7) is 0.188. The highest BCUT2D eigenvalue weighted by Gasteiger charge is 2.24. The highest BCUT2D eigenvalue weighted by Crippen LogP contribution is 2.51. The van der Waals surface area contributed by atoms with Crippen LogP contribution in [-0.2, 0) is 29.6 Å². The van der Waals surface area contributed by atoms with Crippen LogP contribution >= 0.6 is 10.3 Å². The predicted molar refractivity (Wildman–Crippen MR) is 96.7 cm³/mol. The maximum atomic E-state index is 12.1. The van der Waals surface area contributed by atoms with Gasteiger partial charge in [-0.05, 0) is 42.3 Å². The Labute approximate surface area is 149 Å². The van der Waals surface area contributed by atoms with Crippen molar-refractivity contribution in [3.8, 4) is 0 Å². The zero-order valence-corrected chi connectivity index (χ0v) is 15.8. The molecule has 0 unspecified atom stereocenters. The lowest BCUT2D eigenvalue weighted by Crippen LogP contribution is -2.12. The second kappa shape index (κ2) is 8.01. The molecule has 136 valence electrons. The molecule has 0 heterocycles. The monoisotopic (exact) mass is 384 g/mol. The molecule has 0 aromatic heterocycles. The fourth-order valence-corrected chi connectivity index (χ4v) is 5.00. The van der Waals surface area contributed by atoms with Crippen LogP contribution in [0.4, 0.5) is 0 Å². The minimum Gasteiger partial charge on any atom is -0.457 e. The van der Waals surface area contributed by atoms with Crippen molar-refractivity contribution in [1.29, 1.82) is 0 Å². The lowest BCUT2D eigenvalue weighted by Gasteiger charge is -2.29. The molecule has 8 heteroatoms. The van der Waals surface area contributed by atoms with Gasteiger partial charge in [0, 0.05) is 4.90 Å². The molecule has 2 aromatic rings. The maximum Gasteiger partial charge on any atom is 0.409 e. The lowest BCUT2D eigenvalue weighted by atomic mass is 10.2. The van der Waals surface area contributed by atoms with Crippen molar-refractivity contribution < 1.29 is 25.8 Å². The van der Waals surface area contributed by atoms with E-state index in [-0.39, 0.29) is 6.61 Å². The summed E-state index contributed by atoms with van der Waals surface area (Å²) in [4.78, 5) is 12.8. The zero-order chi connectivity index (χ0) is 18.5. The van der Waals surface area contributed by atoms with E-state index in [1.165, 1.54) is 0 Å². The highest BCUT2D eigenvalue weighted by atomic mass is 32.3. The molecule has 0 bridgehead atoms. The first-order valence-corrected chi connectivity index (χ1v) is 11.0. The molecule has 0 saturated carbocycles. The Kier molecular flexibility index (Phi) is 6.23. The highest BCUT2D eigenvalue weighted by molar-refractivity contribution is 8.31. The standard InChI is InChI=1S/C17H20O6S2/c1-21-25(19,20)23-24(2,3)16-11-9-15(10-12-16)17(18)22-13-14-7-5-4-6-8-14/h4-12H,13H2,1-3H3. The molecule has 0 radical (unpaired) electrons. The molecule has 2 rings (SSSR count).